The van der Waals surface area contributed by atoms with Crippen LogP contribution in [0.2, 0.25) is 0 Å². The van der Waals surface area contributed by atoms with Gasteiger partial charge in [-0.05, 0) is 38.1 Å². The number of ether oxygens (including phenoxy) is 2. The normalized spacial score (nSPS) is 12.6. The molecule has 1 amide bonds. The molecule has 11 heteroatoms. The summed E-state index contributed by atoms with van der Waals surface area (Å²) in [5, 5.41) is 22.0. The molecular weight excluding hydrogens is 434 g/mol. The van der Waals surface area contributed by atoms with E-state index in [4.69, 9.17) is 9.47 Å². The van der Waals surface area contributed by atoms with Gasteiger partial charge in [0, 0.05) is 24.9 Å². The Bertz CT molecular complexity index is 1100. The third-order valence-corrected chi connectivity index (χ3v) is 5.74. The van der Waals surface area contributed by atoms with Crippen LogP contribution >= 0.6 is 11.8 Å². The van der Waals surface area contributed by atoms with E-state index in [9.17, 15) is 14.9 Å². The molecule has 0 spiro atoms. The molecule has 1 aromatic heterocycles. The number of benzene rings is 2. The molecule has 32 heavy (non-hydrogen) atoms. The van der Waals surface area contributed by atoms with Crippen molar-refractivity contribution >= 4 is 29.0 Å². The number of carbonyl (C=O) groups excluding carboxylic acids is 1. The quantitative estimate of drug-likeness (QED) is 0.291. The number of hydrogen-bond acceptors (Lipinski definition) is 8. The second kappa shape index (κ2) is 10.1. The largest absolute Gasteiger partial charge is 0.493 e. The first-order valence-electron chi connectivity index (χ1n) is 9.71. The van der Waals surface area contributed by atoms with E-state index in [1.807, 2.05) is 31.2 Å². The second-order valence-electron chi connectivity index (χ2n) is 6.86. The van der Waals surface area contributed by atoms with E-state index in [1.54, 1.807) is 25.6 Å². The predicted molar refractivity (Wildman–Crippen MR) is 120 cm³/mol. The van der Waals surface area contributed by atoms with E-state index in [-0.39, 0.29) is 11.6 Å². The summed E-state index contributed by atoms with van der Waals surface area (Å²) in [6.45, 7) is 3.60. The highest BCUT2D eigenvalue weighted by Crippen LogP contribution is 2.31. The molecule has 3 aromatic rings. The van der Waals surface area contributed by atoms with Crippen molar-refractivity contribution in [2.45, 2.75) is 30.4 Å². The number of para-hydroxylation sites is 2. The van der Waals surface area contributed by atoms with Crippen LogP contribution in [-0.4, -0.2) is 38.0 Å². The molecule has 0 saturated heterocycles. The first kappa shape index (κ1) is 23.1. The summed E-state index contributed by atoms with van der Waals surface area (Å²) in [6.07, 6.45) is -0.401. The average molecular weight is 458 g/mol. The van der Waals surface area contributed by atoms with E-state index in [0.717, 1.165) is 0 Å². The highest BCUT2D eigenvalue weighted by atomic mass is 32.2. The number of nitro benzene ring substituents is 1. The summed E-state index contributed by atoms with van der Waals surface area (Å²) in [5.41, 5.74) is 0.437. The molecule has 10 nitrogen and oxygen atoms in total. The van der Waals surface area contributed by atoms with Gasteiger partial charge in [-0.1, -0.05) is 23.9 Å². The third kappa shape index (κ3) is 5.35. The van der Waals surface area contributed by atoms with Crippen molar-refractivity contribution in [1.29, 1.82) is 0 Å². The Balaban J connectivity index is 1.64. The number of anilines is 1. The lowest BCUT2D eigenvalue weighted by atomic mass is 10.3. The molecule has 1 N–H and O–H groups in total. The molecule has 1 heterocycles. The van der Waals surface area contributed by atoms with Gasteiger partial charge >= 0.3 is 0 Å². The van der Waals surface area contributed by atoms with Crippen molar-refractivity contribution in [3.05, 3.63) is 64.5 Å². The van der Waals surface area contributed by atoms with Crippen LogP contribution in [0.4, 0.5) is 11.4 Å². The minimum Gasteiger partial charge on any atom is -0.493 e. The van der Waals surface area contributed by atoms with Gasteiger partial charge in [-0.2, -0.15) is 0 Å². The fraction of sp³-hybridized carbons (Fsp3) is 0.286. The van der Waals surface area contributed by atoms with Crippen molar-refractivity contribution in [2.24, 2.45) is 7.05 Å². The van der Waals surface area contributed by atoms with Crippen molar-refractivity contribution in [3.8, 4) is 11.5 Å². The standard InChI is InChI=1S/C21H23N5O5S/c1-13(31-18-8-6-5-7-17(18)30-4)19-23-24-21(25(19)3)32-14(2)20(27)22-15-9-11-16(12-10-15)26(28)29/h5-14H,1-4H3,(H,22,27). The molecule has 0 saturated carbocycles. The average Bonchev–Trinajstić information content (AvgIpc) is 3.14. The molecule has 0 fully saturated rings. The van der Waals surface area contributed by atoms with E-state index >= 15 is 0 Å². The van der Waals surface area contributed by atoms with Gasteiger partial charge in [-0.25, -0.2) is 0 Å². The molecule has 0 aliphatic heterocycles. The summed E-state index contributed by atoms with van der Waals surface area (Å²) >= 11 is 1.25. The molecular formula is C21H23N5O5S. The van der Waals surface area contributed by atoms with E-state index in [1.165, 1.54) is 36.0 Å². The molecule has 168 valence electrons. The van der Waals surface area contributed by atoms with Crippen LogP contribution in [0.15, 0.2) is 53.7 Å². The minimum absolute atomic E-state index is 0.0403. The number of rotatable bonds is 9. The molecule has 3 rings (SSSR count). The van der Waals surface area contributed by atoms with Crippen LogP contribution < -0.4 is 14.8 Å². The monoisotopic (exact) mass is 457 g/mol. The zero-order chi connectivity index (χ0) is 23.3. The summed E-state index contributed by atoms with van der Waals surface area (Å²) in [6, 6.07) is 13.0. The highest BCUT2D eigenvalue weighted by Gasteiger charge is 2.22. The lowest BCUT2D eigenvalue weighted by Gasteiger charge is -2.16. The van der Waals surface area contributed by atoms with Crippen molar-refractivity contribution in [3.63, 3.8) is 0 Å². The number of nitrogens with one attached hydrogen (secondary N) is 1. The van der Waals surface area contributed by atoms with Gasteiger partial charge in [0.25, 0.3) is 5.69 Å². The Hall–Kier alpha value is -3.60. The number of nitro groups is 1. The van der Waals surface area contributed by atoms with Gasteiger partial charge in [-0.3, -0.25) is 14.9 Å². The van der Waals surface area contributed by atoms with E-state index in [0.29, 0.717) is 28.2 Å². The molecule has 2 unspecified atom stereocenters. The number of thioether (sulfide) groups is 1. The smallest absolute Gasteiger partial charge is 0.269 e. The van der Waals surface area contributed by atoms with E-state index in [2.05, 4.69) is 15.5 Å². The maximum absolute atomic E-state index is 12.5. The molecule has 2 atom stereocenters. The minimum atomic E-state index is -0.492. The van der Waals surface area contributed by atoms with Gasteiger partial charge in [-0.15, -0.1) is 10.2 Å². The number of carbonyl (C=O) groups is 1. The fourth-order valence-electron chi connectivity index (χ4n) is 2.86. The molecule has 0 radical (unpaired) electrons. The summed E-state index contributed by atoms with van der Waals surface area (Å²) < 4.78 is 13.1. The number of aromatic nitrogens is 3. The Kier molecular flexibility index (Phi) is 7.31. The Labute approximate surface area is 189 Å². The number of hydrogen-bond donors (Lipinski definition) is 1. The van der Waals surface area contributed by atoms with Crippen LogP contribution in [0.25, 0.3) is 0 Å². The number of amides is 1. The third-order valence-electron chi connectivity index (χ3n) is 4.60. The van der Waals surface area contributed by atoms with Gasteiger partial charge in [0.05, 0.1) is 17.3 Å². The Morgan fingerprint density at radius 1 is 1.12 bits per heavy atom. The molecule has 0 aliphatic rings. The maximum atomic E-state index is 12.5. The van der Waals surface area contributed by atoms with Crippen LogP contribution in [0.1, 0.15) is 25.8 Å². The number of non-ortho nitro benzene ring substituents is 1. The number of nitrogens with zero attached hydrogens (tertiary/aromatic N) is 4. The highest BCUT2D eigenvalue weighted by molar-refractivity contribution is 8.00. The van der Waals surface area contributed by atoms with Gasteiger partial charge < -0.3 is 19.4 Å². The maximum Gasteiger partial charge on any atom is 0.269 e. The SMILES string of the molecule is COc1ccccc1OC(C)c1nnc(SC(C)C(=O)Nc2ccc([N+](=O)[O-])cc2)n1C. The van der Waals surface area contributed by atoms with E-state index < -0.39 is 16.3 Å². The zero-order valence-electron chi connectivity index (χ0n) is 18.0. The topological polar surface area (TPSA) is 121 Å². The van der Waals surface area contributed by atoms with Crippen LogP contribution in [-0.2, 0) is 11.8 Å². The number of methoxy groups -OCH3 is 1. The first-order valence-corrected chi connectivity index (χ1v) is 10.6. The molecule has 0 aliphatic carbocycles. The van der Waals surface area contributed by atoms with Crippen molar-refractivity contribution in [2.75, 3.05) is 12.4 Å². The molecule has 0 bridgehead atoms. The van der Waals surface area contributed by atoms with Crippen LogP contribution in [0.5, 0.6) is 11.5 Å². The molecule has 2 aromatic carbocycles. The van der Waals surface area contributed by atoms with Crippen molar-refractivity contribution in [1.82, 2.24) is 14.8 Å². The second-order valence-corrected chi connectivity index (χ2v) is 8.17. The predicted octanol–water partition coefficient (Wildman–Crippen LogP) is 3.99. The van der Waals surface area contributed by atoms with Crippen LogP contribution in [0.3, 0.4) is 0 Å². The fourth-order valence-corrected chi connectivity index (χ4v) is 3.69. The summed E-state index contributed by atoms with van der Waals surface area (Å²) in [5.74, 6) is 1.55. The van der Waals surface area contributed by atoms with Gasteiger partial charge in [0.1, 0.15) is 0 Å². The zero-order valence-corrected chi connectivity index (χ0v) is 18.8. The van der Waals surface area contributed by atoms with Gasteiger partial charge in [0.2, 0.25) is 5.91 Å². The Morgan fingerprint density at radius 2 is 1.78 bits per heavy atom. The first-order chi connectivity index (χ1) is 15.3. The lowest BCUT2D eigenvalue weighted by molar-refractivity contribution is -0.384. The van der Waals surface area contributed by atoms with Crippen LogP contribution in [0, 0.1) is 10.1 Å². The van der Waals surface area contributed by atoms with Gasteiger partial charge in [0.15, 0.2) is 28.6 Å². The van der Waals surface area contributed by atoms with Crippen molar-refractivity contribution < 1.29 is 19.2 Å². The summed E-state index contributed by atoms with van der Waals surface area (Å²) in [4.78, 5) is 22.8. The lowest BCUT2D eigenvalue weighted by Crippen LogP contribution is -2.23. The summed E-state index contributed by atoms with van der Waals surface area (Å²) in [7, 11) is 3.38. The Morgan fingerprint density at radius 3 is 2.41 bits per heavy atom.